The summed E-state index contributed by atoms with van der Waals surface area (Å²) in [6.45, 7) is 6.51. The van der Waals surface area contributed by atoms with Crippen molar-refractivity contribution in [2.45, 2.75) is 44.8 Å². The minimum absolute atomic E-state index is 0.159. The van der Waals surface area contributed by atoms with E-state index >= 15 is 0 Å². The molecule has 0 aromatic heterocycles. The van der Waals surface area contributed by atoms with Crippen molar-refractivity contribution in [3.8, 4) is 0 Å². The number of hydrogen-bond donors (Lipinski definition) is 2. The van der Waals surface area contributed by atoms with Crippen LogP contribution in [-0.4, -0.2) is 42.2 Å². The van der Waals surface area contributed by atoms with Gasteiger partial charge in [-0.15, -0.1) is 0 Å². The zero-order valence-corrected chi connectivity index (χ0v) is 10.2. The van der Waals surface area contributed by atoms with Crippen LogP contribution in [0.4, 0.5) is 4.79 Å². The molecule has 1 saturated heterocycles. The molecule has 0 unspecified atom stereocenters. The van der Waals surface area contributed by atoms with E-state index in [2.05, 4.69) is 5.32 Å². The quantitative estimate of drug-likeness (QED) is 0.745. The van der Waals surface area contributed by atoms with E-state index in [-0.39, 0.29) is 12.1 Å². The van der Waals surface area contributed by atoms with Gasteiger partial charge in [0.15, 0.2) is 0 Å². The molecule has 1 heterocycles. The fourth-order valence-electron chi connectivity index (χ4n) is 1.56. The lowest BCUT2D eigenvalue weighted by atomic mass is 9.95. The van der Waals surface area contributed by atoms with Crippen LogP contribution >= 0.6 is 0 Å². The molecule has 0 aromatic carbocycles. The second kappa shape index (κ2) is 5.01. The lowest BCUT2D eigenvalue weighted by Gasteiger charge is -2.35. The second-order valence-electron chi connectivity index (χ2n) is 5.22. The number of hydrogen-bond acceptors (Lipinski definition) is 4. The third-order valence-corrected chi connectivity index (χ3v) is 2.48. The predicted octanol–water partition coefficient (Wildman–Crippen LogP) is 1.05. The molecule has 1 rings (SSSR count). The van der Waals surface area contributed by atoms with Crippen molar-refractivity contribution < 1.29 is 19.4 Å². The van der Waals surface area contributed by atoms with E-state index in [9.17, 15) is 9.90 Å². The topological polar surface area (TPSA) is 67.8 Å². The van der Waals surface area contributed by atoms with Crippen LogP contribution in [0.1, 0.15) is 33.6 Å². The highest BCUT2D eigenvalue weighted by Gasteiger charge is 2.36. The van der Waals surface area contributed by atoms with Crippen LogP contribution < -0.4 is 5.32 Å². The molecular weight excluding hydrogens is 210 g/mol. The number of alkyl carbamates (subject to hydrolysis) is 1. The van der Waals surface area contributed by atoms with Crippen molar-refractivity contribution >= 4 is 6.09 Å². The Balaban J connectivity index is 2.52. The van der Waals surface area contributed by atoms with Gasteiger partial charge in [0.2, 0.25) is 0 Å². The number of aliphatic hydroxyl groups excluding tert-OH is 1. The summed E-state index contributed by atoms with van der Waals surface area (Å²) >= 11 is 0. The van der Waals surface area contributed by atoms with E-state index in [0.29, 0.717) is 26.1 Å². The zero-order chi connectivity index (χ0) is 12.2. The molecule has 0 aromatic rings. The Hall–Kier alpha value is -0.810. The first-order valence-corrected chi connectivity index (χ1v) is 5.57. The Morgan fingerprint density at radius 2 is 2.00 bits per heavy atom. The summed E-state index contributed by atoms with van der Waals surface area (Å²) in [5.74, 6) is 0. The summed E-state index contributed by atoms with van der Waals surface area (Å²) in [5.41, 5.74) is -1.10. The van der Waals surface area contributed by atoms with Crippen LogP contribution in [-0.2, 0) is 9.47 Å². The number of ether oxygens (including phenoxy) is 2. The molecule has 0 saturated carbocycles. The third kappa shape index (κ3) is 3.98. The number of nitrogens with one attached hydrogen (secondary N) is 1. The van der Waals surface area contributed by atoms with Crippen LogP contribution in [0.25, 0.3) is 0 Å². The average molecular weight is 231 g/mol. The van der Waals surface area contributed by atoms with Crippen LogP contribution in [0.15, 0.2) is 0 Å². The van der Waals surface area contributed by atoms with Crippen LogP contribution in [0.5, 0.6) is 0 Å². The van der Waals surface area contributed by atoms with Gasteiger partial charge in [-0.1, -0.05) is 0 Å². The molecule has 1 aliphatic heterocycles. The minimum Gasteiger partial charge on any atom is -0.440 e. The van der Waals surface area contributed by atoms with Gasteiger partial charge < -0.3 is 19.9 Å². The molecule has 0 aliphatic carbocycles. The van der Waals surface area contributed by atoms with E-state index in [1.54, 1.807) is 0 Å². The predicted molar refractivity (Wildman–Crippen MR) is 59.2 cm³/mol. The largest absolute Gasteiger partial charge is 0.440 e. The first-order chi connectivity index (χ1) is 7.37. The third-order valence-electron chi connectivity index (χ3n) is 2.48. The van der Waals surface area contributed by atoms with Gasteiger partial charge in [-0.3, -0.25) is 0 Å². The van der Waals surface area contributed by atoms with E-state index in [0.717, 1.165) is 0 Å². The Labute approximate surface area is 96.1 Å². The molecule has 0 spiro atoms. The van der Waals surface area contributed by atoms with Crippen molar-refractivity contribution in [1.82, 2.24) is 5.32 Å². The lowest BCUT2D eigenvalue weighted by Crippen LogP contribution is -2.49. The summed E-state index contributed by atoms with van der Waals surface area (Å²) in [6, 6.07) is 0. The van der Waals surface area contributed by atoms with Gasteiger partial charge in [0.25, 0.3) is 0 Å². The molecule has 1 amide bonds. The average Bonchev–Trinajstić information content (AvgIpc) is 2.16. The van der Waals surface area contributed by atoms with Crippen LogP contribution in [0, 0.1) is 0 Å². The lowest BCUT2D eigenvalue weighted by molar-refractivity contribution is -0.0973. The van der Waals surface area contributed by atoms with Gasteiger partial charge >= 0.3 is 6.09 Å². The van der Waals surface area contributed by atoms with Gasteiger partial charge in [-0.25, -0.2) is 4.79 Å². The zero-order valence-electron chi connectivity index (χ0n) is 10.2. The van der Waals surface area contributed by atoms with Crippen molar-refractivity contribution in [1.29, 1.82) is 0 Å². The molecule has 94 valence electrons. The maximum Gasteiger partial charge on any atom is 0.408 e. The molecule has 1 aliphatic rings. The molecule has 0 atom stereocenters. The Morgan fingerprint density at radius 1 is 1.44 bits per heavy atom. The molecule has 16 heavy (non-hydrogen) atoms. The first kappa shape index (κ1) is 13.3. The van der Waals surface area contributed by atoms with E-state index in [1.165, 1.54) is 0 Å². The van der Waals surface area contributed by atoms with Gasteiger partial charge in [-0.2, -0.15) is 0 Å². The van der Waals surface area contributed by atoms with Crippen LogP contribution in [0.2, 0.25) is 0 Å². The summed E-state index contributed by atoms with van der Waals surface area (Å²) in [6.07, 6.45) is 0.603. The fraction of sp³-hybridized carbons (Fsp3) is 0.909. The first-order valence-electron chi connectivity index (χ1n) is 5.57. The van der Waals surface area contributed by atoms with Crippen molar-refractivity contribution in [3.05, 3.63) is 0 Å². The van der Waals surface area contributed by atoms with Gasteiger partial charge in [0.05, 0.1) is 19.8 Å². The SMILES string of the molecule is CC(C)(C)NC(=O)OC1(CO)CCOCC1. The molecule has 5 heteroatoms. The smallest absolute Gasteiger partial charge is 0.408 e. The summed E-state index contributed by atoms with van der Waals surface area (Å²) in [4.78, 5) is 11.6. The van der Waals surface area contributed by atoms with Crippen LogP contribution in [0.3, 0.4) is 0 Å². The highest BCUT2D eigenvalue weighted by atomic mass is 16.6. The second-order valence-corrected chi connectivity index (χ2v) is 5.22. The fourth-order valence-corrected chi connectivity index (χ4v) is 1.56. The molecule has 2 N–H and O–H groups in total. The number of aliphatic hydroxyl groups is 1. The minimum atomic E-state index is -0.770. The molecule has 5 nitrogen and oxygen atoms in total. The Morgan fingerprint density at radius 3 is 2.44 bits per heavy atom. The Kier molecular flexibility index (Phi) is 4.15. The highest BCUT2D eigenvalue weighted by molar-refractivity contribution is 5.68. The monoisotopic (exact) mass is 231 g/mol. The number of amides is 1. The molecule has 1 fully saturated rings. The summed E-state index contributed by atoms with van der Waals surface area (Å²) in [5, 5.41) is 12.0. The molecular formula is C11H21NO4. The van der Waals surface area contributed by atoms with E-state index in [4.69, 9.17) is 9.47 Å². The van der Waals surface area contributed by atoms with Crippen molar-refractivity contribution in [3.63, 3.8) is 0 Å². The molecule has 0 radical (unpaired) electrons. The van der Waals surface area contributed by atoms with E-state index in [1.807, 2.05) is 20.8 Å². The summed E-state index contributed by atoms with van der Waals surface area (Å²) in [7, 11) is 0. The van der Waals surface area contributed by atoms with Crippen molar-refractivity contribution in [2.24, 2.45) is 0 Å². The van der Waals surface area contributed by atoms with Gasteiger partial charge in [0.1, 0.15) is 5.60 Å². The maximum atomic E-state index is 11.6. The number of rotatable bonds is 2. The van der Waals surface area contributed by atoms with Gasteiger partial charge in [-0.05, 0) is 20.8 Å². The van der Waals surface area contributed by atoms with E-state index < -0.39 is 11.7 Å². The van der Waals surface area contributed by atoms with Gasteiger partial charge in [0, 0.05) is 18.4 Å². The highest BCUT2D eigenvalue weighted by Crippen LogP contribution is 2.24. The standard InChI is InChI=1S/C11H21NO4/c1-10(2,3)12-9(14)16-11(8-13)4-6-15-7-5-11/h13H,4-8H2,1-3H3,(H,12,14). The maximum absolute atomic E-state index is 11.6. The van der Waals surface area contributed by atoms with Crippen molar-refractivity contribution in [2.75, 3.05) is 19.8 Å². The number of carbonyl (C=O) groups is 1. The molecule has 0 bridgehead atoms. The normalized spacial score (nSPS) is 20.2. The summed E-state index contributed by atoms with van der Waals surface area (Å²) < 4.78 is 10.5. The number of carbonyl (C=O) groups excluding carboxylic acids is 1. The Bertz CT molecular complexity index is 241.